The number of pyridine rings is 1. The van der Waals surface area contributed by atoms with Crippen LogP contribution in [0.25, 0.3) is 0 Å². The van der Waals surface area contributed by atoms with E-state index in [9.17, 15) is 8.78 Å². The zero-order valence-electron chi connectivity index (χ0n) is 13.8. The summed E-state index contributed by atoms with van der Waals surface area (Å²) in [5, 5.41) is 3.14. The van der Waals surface area contributed by atoms with Crippen molar-refractivity contribution in [3.05, 3.63) is 53.7 Å². The molecule has 8 heteroatoms. The van der Waals surface area contributed by atoms with Gasteiger partial charge in [0, 0.05) is 37.0 Å². The summed E-state index contributed by atoms with van der Waals surface area (Å²) < 4.78 is 39.0. The molecule has 1 fully saturated rings. The molecule has 1 aromatic carbocycles. The van der Waals surface area contributed by atoms with Crippen molar-refractivity contribution < 1.29 is 18.3 Å². The Morgan fingerprint density at radius 1 is 1.32 bits per heavy atom. The number of morpholine rings is 1. The molecule has 1 aromatic heterocycles. The van der Waals surface area contributed by atoms with E-state index in [1.165, 1.54) is 0 Å². The Balaban J connectivity index is 0.000000212. The second kappa shape index (κ2) is 10.2. The van der Waals surface area contributed by atoms with Crippen LogP contribution in [0.3, 0.4) is 0 Å². The predicted octanol–water partition coefficient (Wildman–Crippen LogP) is 2.98. The molecule has 0 spiro atoms. The fourth-order valence-electron chi connectivity index (χ4n) is 2.13. The first kappa shape index (κ1) is 19.4. The average molecular weight is 369 g/mol. The van der Waals surface area contributed by atoms with Gasteiger partial charge in [-0.2, -0.15) is 0 Å². The van der Waals surface area contributed by atoms with Gasteiger partial charge in [-0.1, -0.05) is 18.9 Å². The molecule has 1 saturated heterocycles. The van der Waals surface area contributed by atoms with Crippen molar-refractivity contribution in [1.82, 2.24) is 10.3 Å². The third kappa shape index (κ3) is 7.25. The van der Waals surface area contributed by atoms with E-state index < -0.39 is 11.6 Å². The number of nitrogens with one attached hydrogen (secondary N) is 2. The number of rotatable bonds is 4. The lowest BCUT2D eigenvalue weighted by molar-refractivity contribution is 0.0000744. The molecular formula is C17H21F2N3O2S. The molecule has 1 aliphatic rings. The van der Waals surface area contributed by atoms with Gasteiger partial charge >= 0.3 is 0 Å². The first-order chi connectivity index (χ1) is 12.1. The Morgan fingerprint density at radius 3 is 2.64 bits per heavy atom. The highest BCUT2D eigenvalue weighted by atomic mass is 32.1. The molecule has 0 saturated carbocycles. The van der Waals surface area contributed by atoms with Crippen LogP contribution >= 0.6 is 12.8 Å². The number of anilines is 1. The third-order valence-corrected chi connectivity index (χ3v) is 3.51. The minimum atomic E-state index is -0.641. The lowest BCUT2D eigenvalue weighted by atomic mass is 10.3. The molecule has 136 valence electrons. The van der Waals surface area contributed by atoms with E-state index in [-0.39, 0.29) is 18.5 Å². The van der Waals surface area contributed by atoms with E-state index in [0.29, 0.717) is 13.2 Å². The molecule has 1 unspecified atom stereocenters. The maximum atomic E-state index is 12.8. The van der Waals surface area contributed by atoms with E-state index in [4.69, 9.17) is 9.47 Å². The molecular weight excluding hydrogens is 348 g/mol. The van der Waals surface area contributed by atoms with E-state index in [1.807, 2.05) is 25.1 Å². The summed E-state index contributed by atoms with van der Waals surface area (Å²) in [7, 11) is 0. The molecule has 2 aromatic rings. The number of aryl methyl sites for hydroxylation is 1. The quantitative estimate of drug-likeness (QED) is 0.724. The van der Waals surface area contributed by atoms with Crippen LogP contribution in [0.2, 0.25) is 0 Å². The monoisotopic (exact) mass is 369 g/mol. The van der Waals surface area contributed by atoms with Gasteiger partial charge in [0.1, 0.15) is 35.9 Å². The van der Waals surface area contributed by atoms with Crippen LogP contribution in [0.1, 0.15) is 5.69 Å². The summed E-state index contributed by atoms with van der Waals surface area (Å²) in [5.41, 5.74) is 0.994. The molecule has 0 bridgehead atoms. The average Bonchev–Trinajstić information content (AvgIpc) is 2.61. The normalized spacial score (nSPS) is 16.6. The van der Waals surface area contributed by atoms with Gasteiger partial charge in [-0.25, -0.2) is 13.8 Å². The minimum Gasteiger partial charge on any atom is -0.491 e. The summed E-state index contributed by atoms with van der Waals surface area (Å²) in [6, 6.07) is 8.85. The van der Waals surface area contributed by atoms with E-state index in [1.54, 1.807) is 0 Å². The number of thiol groups is 1. The molecule has 1 aliphatic heterocycles. The van der Waals surface area contributed by atoms with Crippen molar-refractivity contribution >= 4 is 18.6 Å². The number of benzene rings is 1. The fraction of sp³-hybridized carbons (Fsp3) is 0.353. The topological polar surface area (TPSA) is 55.4 Å². The zero-order chi connectivity index (χ0) is 18.1. The molecule has 5 nitrogen and oxygen atoms in total. The number of ether oxygens (including phenoxy) is 2. The van der Waals surface area contributed by atoms with Gasteiger partial charge in [0.2, 0.25) is 0 Å². The molecule has 0 aliphatic carbocycles. The van der Waals surface area contributed by atoms with Gasteiger partial charge in [0.05, 0.1) is 6.61 Å². The van der Waals surface area contributed by atoms with E-state index in [0.717, 1.165) is 36.3 Å². The van der Waals surface area contributed by atoms with Crippen LogP contribution in [0.5, 0.6) is 5.75 Å². The molecule has 25 heavy (non-hydrogen) atoms. The first-order valence-corrected chi connectivity index (χ1v) is 8.26. The summed E-state index contributed by atoms with van der Waals surface area (Å²) in [6.07, 6.45) is -0.0694. The van der Waals surface area contributed by atoms with Gasteiger partial charge in [0.25, 0.3) is 0 Å². The second-order valence-corrected chi connectivity index (χ2v) is 5.61. The fourth-order valence-corrected chi connectivity index (χ4v) is 2.26. The van der Waals surface area contributed by atoms with Crippen LogP contribution in [0.4, 0.5) is 14.6 Å². The summed E-state index contributed by atoms with van der Waals surface area (Å²) in [4.78, 5) is 4.10. The second-order valence-electron chi connectivity index (χ2n) is 5.39. The molecule has 2 N–H and O–H groups in total. The summed E-state index contributed by atoms with van der Waals surface area (Å²) in [6.45, 7) is 4.37. The van der Waals surface area contributed by atoms with Gasteiger partial charge in [-0.05, 0) is 19.1 Å². The van der Waals surface area contributed by atoms with Gasteiger partial charge in [-0.3, -0.25) is 0 Å². The predicted molar refractivity (Wildman–Crippen MR) is 96.0 cm³/mol. The maximum absolute atomic E-state index is 12.8. The van der Waals surface area contributed by atoms with Crippen LogP contribution in [0.15, 0.2) is 36.4 Å². The summed E-state index contributed by atoms with van der Waals surface area (Å²) in [5.74, 6) is -0.305. The number of halogens is 2. The zero-order valence-corrected chi connectivity index (χ0v) is 14.7. The van der Waals surface area contributed by atoms with Crippen LogP contribution < -0.4 is 14.8 Å². The largest absolute Gasteiger partial charge is 0.491 e. The number of hydrogen-bond donors (Lipinski definition) is 3. The highest BCUT2D eigenvalue weighted by Crippen LogP contribution is 2.15. The maximum Gasteiger partial charge on any atom is 0.135 e. The smallest absolute Gasteiger partial charge is 0.135 e. The number of aromatic nitrogens is 1. The molecule has 3 rings (SSSR count). The van der Waals surface area contributed by atoms with Gasteiger partial charge < -0.3 is 19.5 Å². The Kier molecular flexibility index (Phi) is 7.90. The lowest BCUT2D eigenvalue weighted by Gasteiger charge is -2.23. The Labute approximate surface area is 151 Å². The van der Waals surface area contributed by atoms with Gasteiger partial charge in [-0.15, -0.1) is 0 Å². The van der Waals surface area contributed by atoms with E-state index in [2.05, 4.69) is 27.8 Å². The SMILES string of the molecule is Cc1cccc(NS)n1.Fc1cc(F)cc(OCC2CNCCO2)c1. The highest BCUT2D eigenvalue weighted by molar-refractivity contribution is 7.81. The van der Waals surface area contributed by atoms with Crippen LogP contribution in [-0.2, 0) is 4.74 Å². The highest BCUT2D eigenvalue weighted by Gasteiger charge is 2.14. The molecule has 0 radical (unpaired) electrons. The van der Waals surface area contributed by atoms with Crippen LogP contribution in [0, 0.1) is 18.6 Å². The van der Waals surface area contributed by atoms with Crippen LogP contribution in [-0.4, -0.2) is 37.4 Å². The third-order valence-electron chi connectivity index (χ3n) is 3.28. The Bertz CT molecular complexity index is 650. The molecule has 1 atom stereocenters. The Morgan fingerprint density at radius 2 is 2.08 bits per heavy atom. The Hall–Kier alpha value is -1.90. The summed E-state index contributed by atoms with van der Waals surface area (Å²) >= 11 is 3.84. The molecule has 0 amide bonds. The van der Waals surface area contributed by atoms with Crippen molar-refractivity contribution in [3.63, 3.8) is 0 Å². The van der Waals surface area contributed by atoms with Crippen molar-refractivity contribution in [2.45, 2.75) is 13.0 Å². The van der Waals surface area contributed by atoms with Crippen molar-refractivity contribution in [2.24, 2.45) is 0 Å². The minimum absolute atomic E-state index is 0.0694. The van der Waals surface area contributed by atoms with Crippen molar-refractivity contribution in [1.29, 1.82) is 0 Å². The van der Waals surface area contributed by atoms with E-state index >= 15 is 0 Å². The molecule has 2 heterocycles. The number of nitrogens with zero attached hydrogens (tertiary/aromatic N) is 1. The van der Waals surface area contributed by atoms with Crippen molar-refractivity contribution in [3.8, 4) is 5.75 Å². The first-order valence-electron chi connectivity index (χ1n) is 7.82. The van der Waals surface area contributed by atoms with Crippen molar-refractivity contribution in [2.75, 3.05) is 31.0 Å². The van der Waals surface area contributed by atoms with Gasteiger partial charge in [0.15, 0.2) is 0 Å². The number of hydrogen-bond acceptors (Lipinski definition) is 6. The standard InChI is InChI=1S/C11H13F2NO2.C6H8N2S/c12-8-3-9(13)5-10(4-8)16-7-11-6-14-1-2-15-11;1-5-3-2-4-6(7-5)8-9/h3-5,11,14H,1-2,6-7H2;2-4,9H,1H3,(H,7,8). The lowest BCUT2D eigenvalue weighted by Crippen LogP contribution is -2.41.